The van der Waals surface area contributed by atoms with E-state index < -0.39 is 0 Å². The van der Waals surface area contributed by atoms with Crippen LogP contribution in [-0.2, 0) is 0 Å². The second-order valence-corrected chi connectivity index (χ2v) is 4.54. The number of nitrogens with zero attached hydrogens (tertiary/aromatic N) is 3. The molecule has 1 aliphatic rings. The predicted octanol–water partition coefficient (Wildman–Crippen LogP) is 2.22. The smallest absolute Gasteiger partial charge is 0.227 e. The van der Waals surface area contributed by atoms with Crippen molar-refractivity contribution in [3.63, 3.8) is 0 Å². The van der Waals surface area contributed by atoms with Gasteiger partial charge in [0.15, 0.2) is 0 Å². The Labute approximate surface area is 96.9 Å². The van der Waals surface area contributed by atoms with Crippen molar-refractivity contribution < 1.29 is 0 Å². The summed E-state index contributed by atoms with van der Waals surface area (Å²) in [5, 5.41) is 0. The Morgan fingerprint density at radius 2 is 1.94 bits per heavy atom. The Hall–Kier alpha value is -1.32. The Morgan fingerprint density at radius 1 is 1.25 bits per heavy atom. The zero-order chi connectivity index (χ0) is 11.4. The van der Waals surface area contributed by atoms with Crippen LogP contribution in [0.1, 0.15) is 38.5 Å². The van der Waals surface area contributed by atoms with Crippen LogP contribution in [0.5, 0.6) is 0 Å². The van der Waals surface area contributed by atoms with Gasteiger partial charge in [0, 0.05) is 19.3 Å². The van der Waals surface area contributed by atoms with Gasteiger partial charge in [-0.3, -0.25) is 0 Å². The summed E-state index contributed by atoms with van der Waals surface area (Å²) in [6.07, 6.45) is 9.58. The minimum atomic E-state index is 0.547. The summed E-state index contributed by atoms with van der Waals surface area (Å²) in [7, 11) is 2.07. The van der Waals surface area contributed by atoms with Crippen LogP contribution >= 0.6 is 0 Å². The molecule has 1 aromatic rings. The van der Waals surface area contributed by atoms with Crippen LogP contribution in [0.25, 0.3) is 0 Å². The predicted molar refractivity (Wildman–Crippen MR) is 66.3 cm³/mol. The summed E-state index contributed by atoms with van der Waals surface area (Å²) in [5.41, 5.74) is 5.68. The Morgan fingerprint density at radius 3 is 2.56 bits per heavy atom. The molecule has 2 N–H and O–H groups in total. The molecule has 0 aromatic carbocycles. The number of hydrogen-bond donors (Lipinski definition) is 1. The average Bonchev–Trinajstić information content (AvgIpc) is 2.56. The number of anilines is 2. The van der Waals surface area contributed by atoms with E-state index in [9.17, 15) is 0 Å². The van der Waals surface area contributed by atoms with Crippen molar-refractivity contribution in [2.24, 2.45) is 0 Å². The first-order valence-electron chi connectivity index (χ1n) is 6.09. The molecule has 0 saturated heterocycles. The minimum Gasteiger partial charge on any atom is -0.384 e. The number of nitrogen functional groups attached to an aromatic ring is 1. The average molecular weight is 220 g/mol. The highest BCUT2D eigenvalue weighted by Gasteiger charge is 2.18. The van der Waals surface area contributed by atoms with Crippen LogP contribution in [0, 0.1) is 0 Å². The summed E-state index contributed by atoms with van der Waals surface area (Å²) in [6.45, 7) is 0. The van der Waals surface area contributed by atoms with E-state index in [1.165, 1.54) is 38.5 Å². The van der Waals surface area contributed by atoms with E-state index in [2.05, 4.69) is 21.9 Å². The summed E-state index contributed by atoms with van der Waals surface area (Å²) in [5.74, 6) is 1.30. The molecule has 0 bridgehead atoms. The minimum absolute atomic E-state index is 0.547. The zero-order valence-electron chi connectivity index (χ0n) is 9.89. The molecule has 0 amide bonds. The van der Waals surface area contributed by atoms with Crippen LogP contribution in [0.2, 0.25) is 0 Å². The molecule has 0 unspecified atom stereocenters. The van der Waals surface area contributed by atoms with Gasteiger partial charge in [-0.15, -0.1) is 0 Å². The van der Waals surface area contributed by atoms with Crippen LogP contribution in [0.4, 0.5) is 11.8 Å². The maximum absolute atomic E-state index is 5.68. The van der Waals surface area contributed by atoms with Gasteiger partial charge < -0.3 is 10.6 Å². The first-order valence-corrected chi connectivity index (χ1v) is 6.09. The molecule has 1 heterocycles. The van der Waals surface area contributed by atoms with E-state index in [1.807, 2.05) is 0 Å². The van der Waals surface area contributed by atoms with Crippen LogP contribution in [0.15, 0.2) is 12.3 Å². The van der Waals surface area contributed by atoms with Gasteiger partial charge in [0.05, 0.1) is 0 Å². The SMILES string of the molecule is CN(c1nccc(N)n1)C1CCCCCC1. The third-order valence-electron chi connectivity index (χ3n) is 3.35. The lowest BCUT2D eigenvalue weighted by Gasteiger charge is -2.27. The highest BCUT2D eigenvalue weighted by Crippen LogP contribution is 2.23. The topological polar surface area (TPSA) is 55.0 Å². The summed E-state index contributed by atoms with van der Waals surface area (Å²) in [4.78, 5) is 10.7. The van der Waals surface area contributed by atoms with E-state index in [4.69, 9.17) is 5.73 Å². The Bertz CT molecular complexity index is 332. The standard InChI is InChI=1S/C12H20N4/c1-16(10-6-4-2-3-5-7-10)12-14-9-8-11(13)15-12/h8-10H,2-7H2,1H3,(H2,13,14,15). The van der Waals surface area contributed by atoms with Gasteiger partial charge in [-0.05, 0) is 18.9 Å². The number of hydrogen-bond acceptors (Lipinski definition) is 4. The fourth-order valence-corrected chi connectivity index (χ4v) is 2.34. The van der Waals surface area contributed by atoms with Crippen molar-refractivity contribution in [1.29, 1.82) is 0 Å². The van der Waals surface area contributed by atoms with Crippen molar-refractivity contribution in [3.8, 4) is 0 Å². The van der Waals surface area contributed by atoms with Crippen molar-refractivity contribution >= 4 is 11.8 Å². The second-order valence-electron chi connectivity index (χ2n) is 4.54. The highest BCUT2D eigenvalue weighted by molar-refractivity contribution is 5.37. The van der Waals surface area contributed by atoms with Gasteiger partial charge in [-0.25, -0.2) is 4.98 Å². The molecule has 16 heavy (non-hydrogen) atoms. The number of aromatic nitrogens is 2. The van der Waals surface area contributed by atoms with Gasteiger partial charge in [-0.1, -0.05) is 25.7 Å². The quantitative estimate of drug-likeness (QED) is 0.776. The van der Waals surface area contributed by atoms with E-state index >= 15 is 0 Å². The molecule has 1 aliphatic carbocycles. The molecule has 1 fully saturated rings. The maximum Gasteiger partial charge on any atom is 0.227 e. The molecule has 1 aromatic heterocycles. The largest absolute Gasteiger partial charge is 0.384 e. The highest BCUT2D eigenvalue weighted by atomic mass is 15.3. The molecule has 0 radical (unpaired) electrons. The lowest BCUT2D eigenvalue weighted by atomic mass is 10.1. The van der Waals surface area contributed by atoms with E-state index in [1.54, 1.807) is 12.3 Å². The molecular weight excluding hydrogens is 200 g/mol. The van der Waals surface area contributed by atoms with Crippen LogP contribution in [-0.4, -0.2) is 23.1 Å². The molecule has 0 spiro atoms. The van der Waals surface area contributed by atoms with Crippen molar-refractivity contribution in [3.05, 3.63) is 12.3 Å². The first kappa shape index (κ1) is 11.2. The number of rotatable bonds is 2. The van der Waals surface area contributed by atoms with Crippen LogP contribution in [0.3, 0.4) is 0 Å². The Kier molecular flexibility index (Phi) is 3.59. The molecule has 0 aliphatic heterocycles. The molecule has 88 valence electrons. The van der Waals surface area contributed by atoms with E-state index in [0.29, 0.717) is 11.9 Å². The molecular formula is C12H20N4. The lowest BCUT2D eigenvalue weighted by Crippen LogP contribution is -2.32. The lowest BCUT2D eigenvalue weighted by molar-refractivity contribution is 0.545. The summed E-state index contributed by atoms with van der Waals surface area (Å²) >= 11 is 0. The molecule has 2 rings (SSSR count). The van der Waals surface area contributed by atoms with Gasteiger partial charge in [0.25, 0.3) is 0 Å². The van der Waals surface area contributed by atoms with Gasteiger partial charge in [0.2, 0.25) is 5.95 Å². The van der Waals surface area contributed by atoms with Crippen molar-refractivity contribution in [2.45, 2.75) is 44.6 Å². The summed E-state index contributed by atoms with van der Waals surface area (Å²) in [6, 6.07) is 2.30. The normalized spacial score (nSPS) is 18.1. The zero-order valence-corrected chi connectivity index (χ0v) is 9.89. The summed E-state index contributed by atoms with van der Waals surface area (Å²) < 4.78 is 0. The monoisotopic (exact) mass is 220 g/mol. The van der Waals surface area contributed by atoms with Gasteiger partial charge in [0.1, 0.15) is 5.82 Å². The molecule has 4 nitrogen and oxygen atoms in total. The van der Waals surface area contributed by atoms with Crippen LogP contribution < -0.4 is 10.6 Å². The third kappa shape index (κ3) is 2.62. The fraction of sp³-hybridized carbons (Fsp3) is 0.667. The van der Waals surface area contributed by atoms with E-state index in [-0.39, 0.29) is 0 Å². The molecule has 4 heteroatoms. The molecule has 1 saturated carbocycles. The van der Waals surface area contributed by atoms with Gasteiger partial charge >= 0.3 is 0 Å². The van der Waals surface area contributed by atoms with E-state index in [0.717, 1.165) is 5.95 Å². The van der Waals surface area contributed by atoms with Crippen molar-refractivity contribution in [2.75, 3.05) is 17.7 Å². The van der Waals surface area contributed by atoms with Gasteiger partial charge in [-0.2, -0.15) is 4.98 Å². The van der Waals surface area contributed by atoms with Crippen molar-refractivity contribution in [1.82, 2.24) is 9.97 Å². The third-order valence-corrected chi connectivity index (χ3v) is 3.35. The maximum atomic E-state index is 5.68. The Balaban J connectivity index is 2.07. The molecule has 0 atom stereocenters. The second kappa shape index (κ2) is 5.14. The fourth-order valence-electron chi connectivity index (χ4n) is 2.34. The number of nitrogens with two attached hydrogens (primary N) is 1. The first-order chi connectivity index (χ1) is 7.77.